The fraction of sp³-hybridized carbons (Fsp3) is 0.909. The Hall–Kier alpha value is -0.570. The molecular formula is C11H26N2O. The van der Waals surface area contributed by atoms with E-state index in [2.05, 4.69) is 19.2 Å². The smallest absolute Gasteiger partial charge is 0.222 e. The van der Waals surface area contributed by atoms with Gasteiger partial charge >= 0.3 is 0 Å². The van der Waals surface area contributed by atoms with Crippen LogP contribution in [0.2, 0.25) is 0 Å². The van der Waals surface area contributed by atoms with Gasteiger partial charge in [-0.25, -0.2) is 0 Å². The van der Waals surface area contributed by atoms with Crippen LogP contribution in [0.3, 0.4) is 0 Å². The molecule has 1 saturated heterocycles. The van der Waals surface area contributed by atoms with E-state index in [-0.39, 0.29) is 1.43 Å². The minimum Gasteiger partial charge on any atom is -0.343 e. The number of hydrogen-bond acceptors (Lipinski definition) is 2. The maximum Gasteiger partial charge on any atom is 0.222 e. The van der Waals surface area contributed by atoms with E-state index >= 15 is 0 Å². The molecular weight excluding hydrogens is 176 g/mol. The summed E-state index contributed by atoms with van der Waals surface area (Å²) in [5, 5.41) is 3.07. The van der Waals surface area contributed by atoms with E-state index in [1.807, 2.05) is 11.9 Å². The van der Waals surface area contributed by atoms with Crippen LogP contribution in [0.25, 0.3) is 0 Å². The van der Waals surface area contributed by atoms with Crippen LogP contribution in [0.1, 0.15) is 41.0 Å². The highest BCUT2D eigenvalue weighted by Crippen LogP contribution is 2.08. The van der Waals surface area contributed by atoms with Gasteiger partial charge in [-0.15, -0.1) is 0 Å². The zero-order valence-electron chi connectivity index (χ0n) is 9.81. The van der Waals surface area contributed by atoms with Gasteiger partial charge in [0.25, 0.3) is 0 Å². The predicted molar refractivity (Wildman–Crippen MR) is 62.4 cm³/mol. The Morgan fingerprint density at radius 2 is 2.14 bits per heavy atom. The van der Waals surface area contributed by atoms with E-state index < -0.39 is 0 Å². The number of nitrogens with one attached hydrogen (secondary N) is 1. The number of hydrogen-bond donors (Lipinski definition) is 1. The highest BCUT2D eigenvalue weighted by Gasteiger charge is 2.18. The van der Waals surface area contributed by atoms with E-state index in [0.717, 1.165) is 38.9 Å². The minimum atomic E-state index is 0. The molecule has 3 heteroatoms. The van der Waals surface area contributed by atoms with Crippen molar-refractivity contribution in [1.82, 2.24) is 10.2 Å². The van der Waals surface area contributed by atoms with Crippen LogP contribution in [0.15, 0.2) is 0 Å². The monoisotopic (exact) mass is 202 g/mol. The van der Waals surface area contributed by atoms with E-state index in [0.29, 0.717) is 5.91 Å². The van der Waals surface area contributed by atoms with Crippen LogP contribution in [0, 0.1) is 0 Å². The Morgan fingerprint density at radius 1 is 1.50 bits per heavy atom. The van der Waals surface area contributed by atoms with Crippen molar-refractivity contribution < 1.29 is 6.22 Å². The van der Waals surface area contributed by atoms with E-state index in [1.54, 1.807) is 0 Å². The first-order valence-electron chi connectivity index (χ1n) is 5.68. The molecule has 0 saturated carbocycles. The normalized spacial score (nSPS) is 15.4. The molecule has 1 aliphatic heterocycles. The molecule has 86 valence electrons. The van der Waals surface area contributed by atoms with Gasteiger partial charge in [0.1, 0.15) is 0 Å². The molecule has 0 radical (unpaired) electrons. The van der Waals surface area contributed by atoms with Crippen molar-refractivity contribution >= 4 is 5.91 Å². The average molecular weight is 202 g/mol. The van der Waals surface area contributed by atoms with Crippen molar-refractivity contribution in [2.75, 3.05) is 26.7 Å². The second kappa shape index (κ2) is 9.00. The first-order valence-corrected chi connectivity index (χ1v) is 5.68. The Kier molecular flexibility index (Phi) is 8.64. The second-order valence-corrected chi connectivity index (χ2v) is 3.65. The first kappa shape index (κ1) is 13.4. The third-order valence-corrected chi connectivity index (χ3v) is 2.03. The van der Waals surface area contributed by atoms with Crippen molar-refractivity contribution in [2.45, 2.75) is 39.5 Å². The van der Waals surface area contributed by atoms with Gasteiger partial charge in [0.05, 0.1) is 0 Å². The second-order valence-electron chi connectivity index (χ2n) is 3.65. The summed E-state index contributed by atoms with van der Waals surface area (Å²) in [5.74, 6) is 0.334. The summed E-state index contributed by atoms with van der Waals surface area (Å²) < 4.78 is 0. The lowest BCUT2D eigenvalue weighted by atomic mass is 10.4. The molecule has 0 aromatic rings. The molecule has 14 heavy (non-hydrogen) atoms. The lowest BCUT2D eigenvalue weighted by Gasteiger charge is -2.14. The van der Waals surface area contributed by atoms with Gasteiger partial charge in [-0.3, -0.25) is 4.79 Å². The van der Waals surface area contributed by atoms with Crippen molar-refractivity contribution in [3.63, 3.8) is 0 Å². The number of rotatable bonds is 4. The molecule has 0 aromatic carbocycles. The zero-order chi connectivity index (χ0) is 10.8. The lowest BCUT2D eigenvalue weighted by Crippen LogP contribution is -2.27. The molecule has 0 atom stereocenters. The SMILES string of the molecule is CCC.CNCCCN1CCCC1=O.[HH]. The molecule has 1 rings (SSSR count). The standard InChI is InChI=1S/C8H16N2O.C3H8.H2/c1-9-5-3-7-10-6-2-4-8(10)11;1-3-2;/h9H,2-7H2,1H3;3H2,1-2H3;1H. The quantitative estimate of drug-likeness (QED) is 0.706. The number of carbonyl (C=O) groups excluding carboxylic acids is 1. The summed E-state index contributed by atoms with van der Waals surface area (Å²) in [7, 11) is 1.94. The van der Waals surface area contributed by atoms with Crippen molar-refractivity contribution in [1.29, 1.82) is 0 Å². The molecule has 3 nitrogen and oxygen atoms in total. The predicted octanol–water partition coefficient (Wildman–Crippen LogP) is 1.88. The number of amides is 1. The molecule has 1 amide bonds. The summed E-state index contributed by atoms with van der Waals surface area (Å²) in [4.78, 5) is 13.0. The summed E-state index contributed by atoms with van der Waals surface area (Å²) in [6.07, 6.45) is 4.14. The summed E-state index contributed by atoms with van der Waals surface area (Å²) in [5.41, 5.74) is 0. The van der Waals surface area contributed by atoms with Crippen molar-refractivity contribution in [2.24, 2.45) is 0 Å². The minimum absolute atomic E-state index is 0. The average Bonchev–Trinajstić information content (AvgIpc) is 2.54. The molecule has 1 heterocycles. The highest BCUT2D eigenvalue weighted by molar-refractivity contribution is 5.77. The molecule has 1 N–H and O–H groups in total. The number of likely N-dealkylation sites (tertiary alicyclic amines) is 1. The van der Waals surface area contributed by atoms with E-state index in [1.165, 1.54) is 6.42 Å². The van der Waals surface area contributed by atoms with Crippen LogP contribution in [0.4, 0.5) is 0 Å². The maximum absolute atomic E-state index is 11.1. The Morgan fingerprint density at radius 3 is 2.57 bits per heavy atom. The summed E-state index contributed by atoms with van der Waals surface area (Å²) in [6, 6.07) is 0. The van der Waals surface area contributed by atoms with E-state index in [4.69, 9.17) is 0 Å². The van der Waals surface area contributed by atoms with Crippen molar-refractivity contribution in [3.8, 4) is 0 Å². The van der Waals surface area contributed by atoms with Crippen LogP contribution in [-0.4, -0.2) is 37.5 Å². The fourth-order valence-corrected chi connectivity index (χ4v) is 1.39. The van der Waals surface area contributed by atoms with Gasteiger partial charge in [0.2, 0.25) is 5.91 Å². The van der Waals surface area contributed by atoms with Gasteiger partial charge in [-0.2, -0.15) is 0 Å². The third-order valence-electron chi connectivity index (χ3n) is 2.03. The number of nitrogens with zero attached hydrogens (tertiary/aromatic N) is 1. The van der Waals surface area contributed by atoms with Crippen LogP contribution in [-0.2, 0) is 4.79 Å². The fourth-order valence-electron chi connectivity index (χ4n) is 1.39. The third kappa shape index (κ3) is 5.97. The maximum atomic E-state index is 11.1. The molecule has 1 fully saturated rings. The van der Waals surface area contributed by atoms with Crippen molar-refractivity contribution in [3.05, 3.63) is 0 Å². The van der Waals surface area contributed by atoms with Gasteiger partial charge in [-0.1, -0.05) is 20.3 Å². The highest BCUT2D eigenvalue weighted by atomic mass is 16.2. The topological polar surface area (TPSA) is 32.3 Å². The molecule has 0 unspecified atom stereocenters. The largest absolute Gasteiger partial charge is 0.343 e. The van der Waals surface area contributed by atoms with Gasteiger partial charge in [0, 0.05) is 20.9 Å². The van der Waals surface area contributed by atoms with Crippen LogP contribution in [0.5, 0.6) is 0 Å². The van der Waals surface area contributed by atoms with Gasteiger partial charge in [-0.05, 0) is 26.4 Å². The molecule has 0 bridgehead atoms. The van der Waals surface area contributed by atoms with Gasteiger partial charge in [0.15, 0.2) is 0 Å². The zero-order valence-corrected chi connectivity index (χ0v) is 9.81. The van der Waals surface area contributed by atoms with Crippen LogP contribution >= 0.6 is 0 Å². The Balaban J connectivity index is 0. The van der Waals surface area contributed by atoms with E-state index in [9.17, 15) is 4.79 Å². The Bertz CT molecular complexity index is 154. The first-order chi connectivity index (χ1) is 6.76. The Labute approximate surface area is 89.3 Å². The molecule has 0 aliphatic carbocycles. The molecule has 1 aliphatic rings. The summed E-state index contributed by atoms with van der Waals surface area (Å²) in [6.45, 7) is 7.16. The lowest BCUT2D eigenvalue weighted by molar-refractivity contribution is -0.127. The summed E-state index contributed by atoms with van der Waals surface area (Å²) >= 11 is 0. The molecule has 0 aromatic heterocycles. The van der Waals surface area contributed by atoms with Crippen LogP contribution < -0.4 is 5.32 Å². The number of carbonyl (C=O) groups is 1. The van der Waals surface area contributed by atoms with Gasteiger partial charge < -0.3 is 10.2 Å². The molecule has 0 spiro atoms.